The van der Waals surface area contributed by atoms with Crippen molar-refractivity contribution in [1.82, 2.24) is 15.1 Å². The first-order valence-electron chi connectivity index (χ1n) is 9.20. The fourth-order valence-corrected chi connectivity index (χ4v) is 4.50. The van der Waals surface area contributed by atoms with Crippen LogP contribution in [0.15, 0.2) is 24.3 Å². The van der Waals surface area contributed by atoms with E-state index in [1.807, 2.05) is 0 Å². The molecule has 2 aliphatic heterocycles. The topological polar surface area (TPSA) is 122 Å². The van der Waals surface area contributed by atoms with Gasteiger partial charge in [0.2, 0.25) is 0 Å². The Labute approximate surface area is 171 Å². The Hall–Kier alpha value is -2.82. The van der Waals surface area contributed by atoms with Gasteiger partial charge in [0.05, 0.1) is 11.0 Å². The molecule has 3 amide bonds. The van der Waals surface area contributed by atoms with Gasteiger partial charge in [0, 0.05) is 50.5 Å². The predicted octanol–water partition coefficient (Wildman–Crippen LogP) is 1.98. The summed E-state index contributed by atoms with van der Waals surface area (Å²) >= 11 is 1.19. The first-order valence-corrected chi connectivity index (χ1v) is 10.1. The van der Waals surface area contributed by atoms with E-state index in [0.717, 1.165) is 0 Å². The highest BCUT2D eigenvalue weighted by molar-refractivity contribution is 8.14. The number of rotatable bonds is 6. The number of hydrogen-bond donors (Lipinski definition) is 1. The minimum Gasteiger partial charge on any atom is -0.445 e. The zero-order valence-corrected chi connectivity index (χ0v) is 16.7. The summed E-state index contributed by atoms with van der Waals surface area (Å²) in [7, 11) is 0. The Kier molecular flexibility index (Phi) is 6.57. The summed E-state index contributed by atoms with van der Waals surface area (Å²) in [4.78, 5) is 49.4. The van der Waals surface area contributed by atoms with Crippen LogP contribution in [-0.4, -0.2) is 69.4 Å². The van der Waals surface area contributed by atoms with Crippen LogP contribution in [0.3, 0.4) is 0 Å². The monoisotopic (exact) mass is 422 g/mol. The van der Waals surface area contributed by atoms with Crippen LogP contribution in [0, 0.1) is 10.1 Å². The third-order valence-electron chi connectivity index (χ3n) is 4.83. The molecule has 0 saturated carbocycles. The fraction of sp³-hybridized carbons (Fsp3) is 0.500. The summed E-state index contributed by atoms with van der Waals surface area (Å²) < 4.78 is 5.39. The number of nitrogens with one attached hydrogen (secondary N) is 1. The molecule has 10 nitrogen and oxygen atoms in total. The van der Waals surface area contributed by atoms with Gasteiger partial charge in [-0.25, -0.2) is 9.59 Å². The number of benzene rings is 1. The summed E-state index contributed by atoms with van der Waals surface area (Å²) in [5.41, 5.74) is 0.598. The highest BCUT2D eigenvalue weighted by atomic mass is 32.2. The summed E-state index contributed by atoms with van der Waals surface area (Å²) in [6.45, 7) is 3.36. The third kappa shape index (κ3) is 5.37. The van der Waals surface area contributed by atoms with Crippen LogP contribution in [-0.2, 0) is 16.1 Å². The largest absolute Gasteiger partial charge is 0.445 e. The Morgan fingerprint density at radius 1 is 1.34 bits per heavy atom. The highest BCUT2D eigenvalue weighted by Crippen LogP contribution is 2.29. The lowest BCUT2D eigenvalue weighted by molar-refractivity contribution is -0.384. The van der Waals surface area contributed by atoms with Crippen molar-refractivity contribution in [1.29, 1.82) is 0 Å². The molecule has 0 aliphatic carbocycles. The zero-order chi connectivity index (χ0) is 21.0. The molecule has 3 rings (SSSR count). The molecule has 11 heteroatoms. The smallest absolute Gasteiger partial charge is 0.410 e. The number of nitrogens with zero attached hydrogens (tertiary/aromatic N) is 3. The van der Waals surface area contributed by atoms with Gasteiger partial charge in [-0.3, -0.25) is 14.9 Å². The molecule has 0 spiro atoms. The second-order valence-electron chi connectivity index (χ2n) is 6.93. The van der Waals surface area contributed by atoms with Gasteiger partial charge in [-0.15, -0.1) is 0 Å². The van der Waals surface area contributed by atoms with Crippen LogP contribution in [0.4, 0.5) is 15.3 Å². The SMILES string of the molecule is CC(=O)S[C@H]1C[C@@H](CN2CCNC2=O)N(C(=O)OCc2ccc([N+](=O)[O-])cc2)C1. The maximum Gasteiger partial charge on any atom is 0.410 e. The lowest BCUT2D eigenvalue weighted by Crippen LogP contribution is -2.44. The normalized spacial score (nSPS) is 21.2. The molecule has 29 heavy (non-hydrogen) atoms. The standard InChI is InChI=1S/C18H22N4O6S/c1-12(23)29-16-8-15(9-20-7-6-19-17(20)24)21(10-16)18(25)28-11-13-2-4-14(5-3-13)22(26)27/h2-5,15-16H,6-11H2,1H3,(H,19,24)/t15-,16-/m0/s1. The lowest BCUT2D eigenvalue weighted by Gasteiger charge is -2.27. The number of likely N-dealkylation sites (tertiary alicyclic amines) is 1. The van der Waals surface area contributed by atoms with Gasteiger partial charge >= 0.3 is 12.1 Å². The molecule has 1 aromatic rings. The van der Waals surface area contributed by atoms with Crippen molar-refractivity contribution in [3.8, 4) is 0 Å². The third-order valence-corrected chi connectivity index (χ3v) is 5.84. The number of nitro benzene ring substituents is 1. The van der Waals surface area contributed by atoms with Crippen LogP contribution in [0.1, 0.15) is 18.9 Å². The number of carbonyl (C=O) groups excluding carboxylic acids is 3. The molecule has 2 fully saturated rings. The maximum atomic E-state index is 12.7. The van der Waals surface area contributed by atoms with E-state index in [0.29, 0.717) is 38.2 Å². The zero-order valence-electron chi connectivity index (χ0n) is 15.9. The number of amides is 3. The van der Waals surface area contributed by atoms with Crippen molar-refractivity contribution in [2.45, 2.75) is 31.2 Å². The van der Waals surface area contributed by atoms with Gasteiger partial charge in [0.25, 0.3) is 5.69 Å². The number of carbonyl (C=O) groups is 3. The Bertz CT molecular complexity index is 802. The summed E-state index contributed by atoms with van der Waals surface area (Å²) in [6, 6.07) is 5.39. The molecule has 2 heterocycles. The van der Waals surface area contributed by atoms with Crippen molar-refractivity contribution in [2.24, 2.45) is 0 Å². The number of thioether (sulfide) groups is 1. The molecule has 156 valence electrons. The van der Waals surface area contributed by atoms with Crippen LogP contribution >= 0.6 is 11.8 Å². The molecular weight excluding hydrogens is 400 g/mol. The minimum absolute atomic E-state index is 0.0191. The summed E-state index contributed by atoms with van der Waals surface area (Å²) in [6.07, 6.45) is 0.0697. The minimum atomic E-state index is -0.528. The quantitative estimate of drug-likeness (QED) is 0.549. The van der Waals surface area contributed by atoms with E-state index >= 15 is 0 Å². The second-order valence-corrected chi connectivity index (χ2v) is 8.41. The number of hydrogen-bond acceptors (Lipinski definition) is 7. The fourth-order valence-electron chi connectivity index (χ4n) is 3.47. The van der Waals surface area contributed by atoms with E-state index < -0.39 is 11.0 Å². The number of non-ortho nitro benzene ring substituents is 1. The molecule has 0 bridgehead atoms. The molecule has 2 atom stereocenters. The van der Waals surface area contributed by atoms with E-state index in [4.69, 9.17) is 4.74 Å². The number of ether oxygens (including phenoxy) is 1. The second kappa shape index (κ2) is 9.12. The van der Waals surface area contributed by atoms with E-state index in [-0.39, 0.29) is 34.7 Å². The molecule has 0 radical (unpaired) electrons. The Morgan fingerprint density at radius 3 is 2.66 bits per heavy atom. The van der Waals surface area contributed by atoms with Crippen molar-refractivity contribution >= 4 is 34.7 Å². The van der Waals surface area contributed by atoms with Crippen LogP contribution < -0.4 is 5.32 Å². The van der Waals surface area contributed by atoms with Crippen molar-refractivity contribution in [3.05, 3.63) is 39.9 Å². The van der Waals surface area contributed by atoms with E-state index in [1.165, 1.54) is 43.0 Å². The molecule has 1 aromatic carbocycles. The van der Waals surface area contributed by atoms with Gasteiger partial charge < -0.3 is 19.9 Å². The van der Waals surface area contributed by atoms with Gasteiger partial charge in [-0.05, 0) is 24.1 Å². The number of urea groups is 1. The summed E-state index contributed by atoms with van der Waals surface area (Å²) in [5.74, 6) is 0. The lowest BCUT2D eigenvalue weighted by atomic mass is 10.2. The molecule has 1 N–H and O–H groups in total. The van der Waals surface area contributed by atoms with Crippen LogP contribution in [0.25, 0.3) is 0 Å². The van der Waals surface area contributed by atoms with Gasteiger partial charge in [-0.1, -0.05) is 11.8 Å². The average molecular weight is 422 g/mol. The Balaban J connectivity index is 1.62. The first kappa shape index (κ1) is 20.9. The molecular formula is C18H22N4O6S. The molecule has 2 saturated heterocycles. The van der Waals surface area contributed by atoms with Crippen LogP contribution in [0.2, 0.25) is 0 Å². The first-order chi connectivity index (χ1) is 13.8. The molecule has 0 unspecified atom stereocenters. The van der Waals surface area contributed by atoms with Crippen LogP contribution in [0.5, 0.6) is 0 Å². The molecule has 0 aromatic heterocycles. The highest BCUT2D eigenvalue weighted by Gasteiger charge is 2.39. The van der Waals surface area contributed by atoms with E-state index in [2.05, 4.69) is 5.32 Å². The van der Waals surface area contributed by atoms with E-state index in [1.54, 1.807) is 9.80 Å². The molecule has 2 aliphatic rings. The summed E-state index contributed by atoms with van der Waals surface area (Å²) in [5, 5.41) is 13.4. The van der Waals surface area contributed by atoms with Gasteiger partial charge in [0.15, 0.2) is 5.12 Å². The average Bonchev–Trinajstić information content (AvgIpc) is 3.26. The van der Waals surface area contributed by atoms with Crippen molar-refractivity contribution in [2.75, 3.05) is 26.2 Å². The number of nitro groups is 1. The predicted molar refractivity (Wildman–Crippen MR) is 105 cm³/mol. The Morgan fingerprint density at radius 2 is 2.07 bits per heavy atom. The van der Waals surface area contributed by atoms with Gasteiger partial charge in [0.1, 0.15) is 6.61 Å². The van der Waals surface area contributed by atoms with Crippen molar-refractivity contribution < 1.29 is 24.0 Å². The van der Waals surface area contributed by atoms with Crippen molar-refractivity contribution in [3.63, 3.8) is 0 Å². The van der Waals surface area contributed by atoms with Gasteiger partial charge in [-0.2, -0.15) is 0 Å². The maximum absolute atomic E-state index is 12.7. The van der Waals surface area contributed by atoms with E-state index in [9.17, 15) is 24.5 Å².